The lowest BCUT2D eigenvalue weighted by Crippen LogP contribution is -2.36. The third kappa shape index (κ3) is 4.11. The second kappa shape index (κ2) is 8.23. The van der Waals surface area contributed by atoms with E-state index in [-0.39, 0.29) is 0 Å². The van der Waals surface area contributed by atoms with E-state index >= 15 is 0 Å². The van der Waals surface area contributed by atoms with Crippen LogP contribution in [0.15, 0.2) is 83.8 Å². The molecular weight excluding hydrogens is 382 g/mol. The van der Waals surface area contributed by atoms with Gasteiger partial charge in [0.15, 0.2) is 0 Å². The maximum atomic E-state index is 13.2. The van der Waals surface area contributed by atoms with Crippen molar-refractivity contribution >= 4 is 21.7 Å². The van der Waals surface area contributed by atoms with Gasteiger partial charge in [-0.05, 0) is 53.5 Å². The molecule has 0 bridgehead atoms. The number of nitrogens with zero attached hydrogens (tertiary/aromatic N) is 1. The van der Waals surface area contributed by atoms with Gasteiger partial charge in [-0.25, -0.2) is 8.42 Å². The van der Waals surface area contributed by atoms with Crippen LogP contribution in [0, 0.1) is 0 Å². The molecule has 0 aromatic heterocycles. The van der Waals surface area contributed by atoms with Gasteiger partial charge >= 0.3 is 0 Å². The molecule has 1 heterocycles. The summed E-state index contributed by atoms with van der Waals surface area (Å²) < 4.78 is 33.5. The van der Waals surface area contributed by atoms with Crippen LogP contribution in [0.5, 0.6) is 5.75 Å². The molecule has 1 aliphatic rings. The topological polar surface area (TPSA) is 46.6 Å². The van der Waals surface area contributed by atoms with Gasteiger partial charge in [0.2, 0.25) is 10.0 Å². The summed E-state index contributed by atoms with van der Waals surface area (Å²) in [5.74, 6) is 0.826. The van der Waals surface area contributed by atoms with Gasteiger partial charge in [-0.2, -0.15) is 4.31 Å². The summed E-state index contributed by atoms with van der Waals surface area (Å²) >= 11 is 0. The molecule has 0 saturated carbocycles. The van der Waals surface area contributed by atoms with Gasteiger partial charge < -0.3 is 4.74 Å². The Morgan fingerprint density at radius 2 is 1.62 bits per heavy atom. The summed E-state index contributed by atoms with van der Waals surface area (Å²) in [7, 11) is -3.55. The molecule has 148 valence electrons. The molecule has 0 fully saturated rings. The van der Waals surface area contributed by atoms with Gasteiger partial charge in [0, 0.05) is 13.1 Å². The molecule has 4 rings (SSSR count). The third-order valence-electron chi connectivity index (χ3n) is 4.93. The molecule has 29 heavy (non-hydrogen) atoms. The molecule has 0 N–H and O–H groups in total. The second-order valence-electron chi connectivity index (χ2n) is 6.93. The molecule has 0 saturated heterocycles. The standard InChI is InChI=1S/C24H23NO3S/c1-2-28-22-14-12-19(13-15-22)16-21-18-25(17-20-8-4-3-5-9-20)29(26,27)24-11-7-6-10-23(21)24/h3-16H,2,17-18H2,1H3/b21-16+. The van der Waals surface area contributed by atoms with Crippen molar-refractivity contribution in [3.8, 4) is 5.75 Å². The Kier molecular flexibility index (Phi) is 5.51. The first-order valence-corrected chi connectivity index (χ1v) is 11.1. The van der Waals surface area contributed by atoms with Crippen LogP contribution in [-0.2, 0) is 16.6 Å². The lowest BCUT2D eigenvalue weighted by molar-refractivity contribution is 0.340. The highest BCUT2D eigenvalue weighted by molar-refractivity contribution is 7.89. The zero-order valence-corrected chi connectivity index (χ0v) is 17.1. The predicted molar refractivity (Wildman–Crippen MR) is 116 cm³/mol. The molecule has 3 aromatic carbocycles. The van der Waals surface area contributed by atoms with Crippen molar-refractivity contribution in [2.45, 2.75) is 18.4 Å². The van der Waals surface area contributed by atoms with E-state index in [9.17, 15) is 8.42 Å². The van der Waals surface area contributed by atoms with Crippen molar-refractivity contribution in [3.05, 3.63) is 95.6 Å². The Bertz CT molecular complexity index is 1120. The number of sulfonamides is 1. The van der Waals surface area contributed by atoms with Crippen LogP contribution in [0.2, 0.25) is 0 Å². The number of hydrogen-bond donors (Lipinski definition) is 0. The van der Waals surface area contributed by atoms with Crippen molar-refractivity contribution in [3.63, 3.8) is 0 Å². The number of benzene rings is 3. The minimum Gasteiger partial charge on any atom is -0.494 e. The number of fused-ring (bicyclic) bond motifs is 1. The largest absolute Gasteiger partial charge is 0.494 e. The van der Waals surface area contributed by atoms with E-state index < -0.39 is 10.0 Å². The summed E-state index contributed by atoms with van der Waals surface area (Å²) in [6.07, 6.45) is 2.06. The summed E-state index contributed by atoms with van der Waals surface area (Å²) in [6, 6.07) is 24.8. The minimum absolute atomic E-state index is 0.335. The van der Waals surface area contributed by atoms with E-state index in [1.165, 1.54) is 0 Å². The number of ether oxygens (including phenoxy) is 1. The average Bonchev–Trinajstić information content (AvgIpc) is 2.74. The number of rotatable bonds is 5. The van der Waals surface area contributed by atoms with Gasteiger partial charge in [-0.3, -0.25) is 0 Å². The lowest BCUT2D eigenvalue weighted by atomic mass is 10.0. The molecule has 0 amide bonds. The van der Waals surface area contributed by atoms with Crippen molar-refractivity contribution in [2.75, 3.05) is 13.2 Å². The van der Waals surface area contributed by atoms with E-state index in [0.29, 0.717) is 24.6 Å². The van der Waals surface area contributed by atoms with Gasteiger partial charge in [-0.1, -0.05) is 60.7 Å². The van der Waals surface area contributed by atoms with Crippen LogP contribution in [0.4, 0.5) is 0 Å². The van der Waals surface area contributed by atoms with Gasteiger partial charge in [0.05, 0.1) is 11.5 Å². The highest BCUT2D eigenvalue weighted by atomic mass is 32.2. The van der Waals surface area contributed by atoms with E-state index in [1.807, 2.05) is 73.7 Å². The Hall–Kier alpha value is -2.89. The van der Waals surface area contributed by atoms with Crippen molar-refractivity contribution in [1.29, 1.82) is 0 Å². The van der Waals surface area contributed by atoms with Gasteiger partial charge in [0.25, 0.3) is 0 Å². The highest BCUT2D eigenvalue weighted by Crippen LogP contribution is 2.35. The van der Waals surface area contributed by atoms with Crippen LogP contribution >= 0.6 is 0 Å². The Balaban J connectivity index is 1.73. The molecule has 3 aromatic rings. The maximum Gasteiger partial charge on any atom is 0.244 e. The Labute approximate surface area is 172 Å². The Morgan fingerprint density at radius 1 is 0.931 bits per heavy atom. The smallest absolute Gasteiger partial charge is 0.244 e. The molecule has 0 radical (unpaired) electrons. The first kappa shape index (κ1) is 19.4. The van der Waals surface area contributed by atoms with E-state index in [1.54, 1.807) is 16.4 Å². The van der Waals surface area contributed by atoms with Gasteiger partial charge in [0.1, 0.15) is 5.75 Å². The molecule has 0 atom stereocenters. The number of hydrogen-bond acceptors (Lipinski definition) is 3. The highest BCUT2D eigenvalue weighted by Gasteiger charge is 2.33. The quantitative estimate of drug-likeness (QED) is 0.611. The fourth-order valence-corrected chi connectivity index (χ4v) is 5.17. The maximum absolute atomic E-state index is 13.2. The van der Waals surface area contributed by atoms with Crippen LogP contribution < -0.4 is 4.74 Å². The van der Waals surface area contributed by atoms with Crippen LogP contribution in [-0.4, -0.2) is 25.9 Å². The zero-order valence-electron chi connectivity index (χ0n) is 16.3. The van der Waals surface area contributed by atoms with Gasteiger partial charge in [-0.15, -0.1) is 0 Å². The van der Waals surface area contributed by atoms with E-state index in [4.69, 9.17) is 4.74 Å². The second-order valence-corrected chi connectivity index (χ2v) is 8.83. The summed E-state index contributed by atoms with van der Waals surface area (Å²) in [5.41, 5.74) is 3.73. The first-order chi connectivity index (χ1) is 14.1. The van der Waals surface area contributed by atoms with Crippen LogP contribution in [0.3, 0.4) is 0 Å². The molecule has 5 heteroatoms. The Morgan fingerprint density at radius 3 is 2.34 bits per heavy atom. The van der Waals surface area contributed by atoms with Crippen molar-refractivity contribution in [1.82, 2.24) is 4.31 Å². The van der Waals surface area contributed by atoms with Crippen molar-refractivity contribution in [2.24, 2.45) is 0 Å². The summed E-state index contributed by atoms with van der Waals surface area (Å²) in [6.45, 7) is 3.26. The monoisotopic (exact) mass is 405 g/mol. The molecule has 0 spiro atoms. The predicted octanol–water partition coefficient (Wildman–Crippen LogP) is 4.83. The van der Waals surface area contributed by atoms with Crippen molar-refractivity contribution < 1.29 is 13.2 Å². The van der Waals surface area contributed by atoms with Crippen LogP contribution in [0.25, 0.3) is 11.6 Å². The lowest BCUT2D eigenvalue weighted by Gasteiger charge is -2.30. The summed E-state index contributed by atoms with van der Waals surface area (Å²) in [4.78, 5) is 0.361. The SMILES string of the molecule is CCOc1ccc(/C=C2\CN(Cc3ccccc3)S(=O)(=O)c3ccccc32)cc1. The zero-order chi connectivity index (χ0) is 20.3. The first-order valence-electron chi connectivity index (χ1n) is 9.65. The third-order valence-corrected chi connectivity index (χ3v) is 6.78. The van der Waals surface area contributed by atoms with E-state index in [0.717, 1.165) is 28.0 Å². The molecule has 0 aliphatic carbocycles. The van der Waals surface area contributed by atoms with Crippen LogP contribution in [0.1, 0.15) is 23.6 Å². The average molecular weight is 406 g/mol. The summed E-state index contributed by atoms with van der Waals surface area (Å²) in [5, 5.41) is 0. The fraction of sp³-hybridized carbons (Fsp3) is 0.167. The molecular formula is C24H23NO3S. The normalized spacial score (nSPS) is 17.1. The van der Waals surface area contributed by atoms with E-state index in [2.05, 4.69) is 6.08 Å². The molecule has 1 aliphatic heterocycles. The molecule has 0 unspecified atom stereocenters. The molecule has 4 nitrogen and oxygen atoms in total. The fourth-order valence-electron chi connectivity index (χ4n) is 3.54. The minimum atomic E-state index is -3.55.